The van der Waals surface area contributed by atoms with Crippen LogP contribution in [0.1, 0.15) is 176 Å². The maximum absolute atomic E-state index is 16.0. The van der Waals surface area contributed by atoms with E-state index in [0.29, 0.717) is 6.42 Å². The molecule has 626 valence electrons. The number of carbonyl (C=O) groups is 9. The number of likely N-dealkylation sites (N-methyl/N-ethyl adjacent to an activating group) is 1. The second-order valence-corrected chi connectivity index (χ2v) is 30.5. The van der Waals surface area contributed by atoms with Crippen molar-refractivity contribution in [3.8, 4) is 57.1 Å². The predicted molar refractivity (Wildman–Crippen MR) is 409 cm³/mol. The molecule has 7 amide bonds. The first-order chi connectivity index (χ1) is 54.4. The van der Waals surface area contributed by atoms with Gasteiger partial charge in [0.25, 0.3) is 0 Å². The molecule has 0 aliphatic carbocycles. The van der Waals surface area contributed by atoms with Crippen LogP contribution in [0.5, 0.6) is 46.0 Å². The highest BCUT2D eigenvalue weighted by atomic mass is 35.5. The van der Waals surface area contributed by atoms with E-state index in [2.05, 4.69) is 44.1 Å². The number of aliphatic carboxylic acids is 2. The number of rotatable bonds is 23. The lowest BCUT2D eigenvalue weighted by atomic mass is 9.86. The molecule has 7 aliphatic rings. The maximum Gasteiger partial charge on any atom is 0.330 e. The monoisotopic (exact) mass is 1650 g/mol. The number of aliphatic hydroxyl groups is 6. The number of carboxylic acid groups (broad SMARTS) is 2. The summed E-state index contributed by atoms with van der Waals surface area (Å²) in [7, 11) is 1.47. The van der Waals surface area contributed by atoms with E-state index in [4.69, 9.17) is 68.2 Å². The van der Waals surface area contributed by atoms with Crippen molar-refractivity contribution in [3.63, 3.8) is 0 Å². The molecule has 0 spiro atoms. The van der Waals surface area contributed by atoms with E-state index in [1.54, 1.807) is 0 Å². The van der Waals surface area contributed by atoms with Gasteiger partial charge in [-0.05, 0) is 117 Å². The highest BCUT2D eigenvalue weighted by Gasteiger charge is 2.52. The third kappa shape index (κ3) is 21.9. The van der Waals surface area contributed by atoms with Gasteiger partial charge in [0.2, 0.25) is 53.4 Å². The van der Waals surface area contributed by atoms with Crippen LogP contribution in [0.3, 0.4) is 0 Å². The van der Waals surface area contributed by atoms with Crippen LogP contribution in [0, 0.1) is 5.92 Å². The van der Waals surface area contributed by atoms with Gasteiger partial charge in [-0.2, -0.15) is 0 Å². The third-order valence-corrected chi connectivity index (χ3v) is 20.9. The van der Waals surface area contributed by atoms with Gasteiger partial charge in [0, 0.05) is 41.1 Å². The van der Waals surface area contributed by atoms with Crippen LogP contribution in [0.15, 0.2) is 78.9 Å². The molecule has 115 heavy (non-hydrogen) atoms. The van der Waals surface area contributed by atoms with Crippen LogP contribution in [-0.2, 0) is 57.4 Å². The summed E-state index contributed by atoms with van der Waals surface area (Å²) in [6.45, 7) is 7.89. The van der Waals surface area contributed by atoms with Crippen LogP contribution < -0.4 is 62.9 Å². The highest BCUT2D eigenvalue weighted by Crippen LogP contribution is 2.50. The molecular formula is C78H99Cl2N9O26. The Bertz CT molecular complexity index is 4390. The first-order valence-electron chi connectivity index (χ1n) is 37.6. The summed E-state index contributed by atoms with van der Waals surface area (Å²) in [5, 5.41) is 139. The molecule has 5 aromatic carbocycles. The van der Waals surface area contributed by atoms with Gasteiger partial charge in [-0.15, -0.1) is 0 Å². The van der Waals surface area contributed by atoms with Crippen molar-refractivity contribution in [2.45, 2.75) is 227 Å². The quantitative estimate of drug-likeness (QED) is 0.0409. The molecule has 0 saturated carbocycles. The molecule has 11 bridgehead atoms. The number of primary amides is 1. The Balaban J connectivity index is 0.000000982. The lowest BCUT2D eigenvalue weighted by Crippen LogP contribution is -2.64. The number of phenolic OH excluding ortho intramolecular Hbond substituents is 3. The molecule has 1 unspecified atom stereocenters. The number of ether oxygens (including phenoxy) is 6. The van der Waals surface area contributed by atoms with E-state index < -0.39 is 243 Å². The molecule has 37 heteroatoms. The summed E-state index contributed by atoms with van der Waals surface area (Å²) in [4.78, 5) is 127. The van der Waals surface area contributed by atoms with Gasteiger partial charge < -0.3 is 133 Å². The van der Waals surface area contributed by atoms with E-state index in [9.17, 15) is 79.8 Å². The fraction of sp³-hybridized carbons (Fsp3) is 0.500. The number of benzene rings is 5. The number of aromatic hydroxyl groups is 3. The van der Waals surface area contributed by atoms with Crippen LogP contribution in [-0.4, -0.2) is 202 Å². The number of amides is 7. The van der Waals surface area contributed by atoms with Gasteiger partial charge in [0.1, 0.15) is 89.5 Å². The summed E-state index contributed by atoms with van der Waals surface area (Å²) < 4.78 is 38.3. The van der Waals surface area contributed by atoms with Crippen LogP contribution >= 0.6 is 23.2 Å². The SMILES string of the molecule is CCCCCCCCCCCC(=O)O.CN[C@H](CC(C)C)C(=O)N[C@H]1C(=O)N[C@@H](CC(N)=O)C(=O)N[C@H]2C(=O)N[C@H]3C(=O)N[C@H](C(=O)N[C@@H](C(=O)O)c4cc(O)cc(O)c4-c4cc3ccc4O)[C@H](O)c3ccc(c(Cl)c3)Oc3cc2cc(c3O[C@@H]2O[C@H](CO)[C@@H](O)[C@H](O)[C@H]2O[C@H]2C[C@](C)(N)C(O)[C@H](C)O2)Oc2ccc(cc2Cl)[C@H]1O. The van der Waals surface area contributed by atoms with Crippen molar-refractivity contribution in [2.24, 2.45) is 17.4 Å². The molecule has 7 aliphatic heterocycles. The highest BCUT2D eigenvalue weighted by molar-refractivity contribution is 6.32. The average Bonchev–Trinajstić information content (AvgIpc) is 0.772. The molecule has 0 aromatic heterocycles. The second-order valence-electron chi connectivity index (χ2n) is 29.7. The number of carbonyl (C=O) groups excluding carboxylic acids is 7. The molecule has 5 aromatic rings. The molecular weight excluding hydrogens is 1550 g/mol. The lowest BCUT2D eigenvalue weighted by Gasteiger charge is -2.47. The zero-order valence-corrected chi connectivity index (χ0v) is 65.3. The van der Waals surface area contributed by atoms with Gasteiger partial charge in [-0.25, -0.2) is 4.79 Å². The number of unbranched alkanes of at least 4 members (excludes halogenated alkanes) is 8. The van der Waals surface area contributed by atoms with Crippen molar-refractivity contribution in [3.05, 3.63) is 117 Å². The van der Waals surface area contributed by atoms with Gasteiger partial charge in [-0.1, -0.05) is 114 Å². The van der Waals surface area contributed by atoms with Crippen molar-refractivity contribution in [2.75, 3.05) is 13.7 Å². The molecule has 0 radical (unpaired) electrons. The van der Waals surface area contributed by atoms with Crippen LogP contribution in [0.4, 0.5) is 0 Å². The number of carboxylic acids is 2. The van der Waals surface area contributed by atoms with E-state index in [1.165, 1.54) is 78.0 Å². The molecule has 2 saturated heterocycles. The smallest absolute Gasteiger partial charge is 0.330 e. The van der Waals surface area contributed by atoms with E-state index in [0.717, 1.165) is 79.6 Å². The zero-order chi connectivity index (χ0) is 84.2. The Kier molecular flexibility index (Phi) is 30.5. The number of aliphatic hydroxyl groups excluding tert-OH is 6. The molecule has 7 heterocycles. The molecule has 22 N–H and O–H groups in total. The van der Waals surface area contributed by atoms with Gasteiger partial charge in [0.05, 0.1) is 41.3 Å². The minimum Gasteiger partial charge on any atom is -0.508 e. The summed E-state index contributed by atoms with van der Waals surface area (Å²) in [5.74, 6) is -16.6. The Morgan fingerprint density at radius 3 is 1.82 bits per heavy atom. The number of nitrogens with one attached hydrogen (secondary N) is 7. The lowest BCUT2D eigenvalue weighted by molar-refractivity contribution is -0.333. The average molecular weight is 1650 g/mol. The largest absolute Gasteiger partial charge is 0.508 e. The van der Waals surface area contributed by atoms with Crippen molar-refractivity contribution in [1.82, 2.24) is 37.2 Å². The Hall–Kier alpha value is -9.73. The van der Waals surface area contributed by atoms with E-state index >= 15 is 14.4 Å². The number of hydrogen-bond donors (Lipinski definition) is 20. The number of fused-ring (bicyclic) bond motifs is 15. The first kappa shape index (κ1) is 89.2. The number of nitrogens with two attached hydrogens (primary N) is 2. The van der Waals surface area contributed by atoms with E-state index in [-0.39, 0.29) is 46.2 Å². The Morgan fingerprint density at radius 2 is 1.25 bits per heavy atom. The van der Waals surface area contributed by atoms with Crippen LogP contribution in [0.25, 0.3) is 11.1 Å². The summed E-state index contributed by atoms with van der Waals surface area (Å²) >= 11 is 14.1. The van der Waals surface area contributed by atoms with E-state index in [1.807, 2.05) is 13.8 Å². The molecule has 12 rings (SSSR count). The number of halogens is 2. The Morgan fingerprint density at radius 1 is 0.670 bits per heavy atom. The second kappa shape index (κ2) is 39.3. The predicted octanol–water partition coefficient (Wildman–Crippen LogP) is 4.10. The van der Waals surface area contributed by atoms with Gasteiger partial charge in [0.15, 0.2) is 29.9 Å². The molecule has 18 atom stereocenters. The molecule has 2 fully saturated rings. The standard InChI is InChI=1S/C66H75Cl2N9O24.C12H24O2/c1-23(2)12-34(71-5)58(88)76-49-51(83)26-7-10-38(32(67)14-26)97-40-16-28-17-41(55(40)101-65-56(54(86)53(85)42(22-78)99-65)100-44-21-66(4,70)57(87)24(3)96-44)98-39-11-8-27(15-33(39)68)52(84)50-63(93)75-48(64(94)95)31-18-29(79)19-37(81)45(31)30-13-25(6-9-36(30)80)46(60(90)77-50)74-61(91)47(28)73-59(89)35(20-43(69)82)72-62(49)92;1-2-3-4-5-6-7-8-9-10-11-12(13)14/h6-11,13-19,23-24,34-35,42,44,46-54,56-57,65,71,78-81,83-87H,12,20-22,70H2,1-5H3,(H2,69,82)(H,72,92)(H,73,89)(H,74,91)(H,75,93)(H,76,88)(H,77,90)(H,94,95);2-11H2,1H3,(H,13,14)/t24-,34+,35-,42+,44-,46+,47+,48+,49+,50-,51+,52+,53+,54-,56+,57?,65-,66-;/m0./s1. The van der Waals surface area contributed by atoms with Crippen LogP contribution in [0.2, 0.25) is 10.0 Å². The molecule has 35 nitrogen and oxygen atoms in total. The van der Waals surface area contributed by atoms with Crippen molar-refractivity contribution in [1.29, 1.82) is 0 Å². The fourth-order valence-corrected chi connectivity index (χ4v) is 14.5. The minimum atomic E-state index is -2.35. The van der Waals surface area contributed by atoms with Crippen molar-refractivity contribution < 1.29 is 128 Å². The van der Waals surface area contributed by atoms with Crippen molar-refractivity contribution >= 4 is 76.5 Å². The number of phenols is 3. The summed E-state index contributed by atoms with van der Waals surface area (Å²) in [6.07, 6.45) is -7.07. The van der Waals surface area contributed by atoms with Gasteiger partial charge >= 0.3 is 11.9 Å². The Labute approximate surface area is 670 Å². The zero-order valence-electron chi connectivity index (χ0n) is 63.8. The van der Waals surface area contributed by atoms with Gasteiger partial charge in [-0.3, -0.25) is 38.4 Å². The normalized spacial score (nSPS) is 27.1. The summed E-state index contributed by atoms with van der Waals surface area (Å²) in [6, 6.07) is -0.679. The fourth-order valence-electron chi connectivity index (χ4n) is 14.1. The maximum atomic E-state index is 16.0. The third-order valence-electron chi connectivity index (χ3n) is 20.3. The number of hydrogen-bond acceptors (Lipinski definition) is 26. The first-order valence-corrected chi connectivity index (χ1v) is 38.4. The minimum absolute atomic E-state index is 0.0975. The summed E-state index contributed by atoms with van der Waals surface area (Å²) in [5.41, 5.74) is 8.00. The topological polar surface area (TPSA) is 568 Å².